The summed E-state index contributed by atoms with van der Waals surface area (Å²) in [4.78, 5) is 12.0. The Morgan fingerprint density at radius 1 is 1.13 bits per heavy atom. The van der Waals surface area contributed by atoms with Crippen LogP contribution in [0.25, 0.3) is 0 Å². The van der Waals surface area contributed by atoms with Crippen molar-refractivity contribution in [1.29, 1.82) is 0 Å². The topological polar surface area (TPSA) is 122 Å². The van der Waals surface area contributed by atoms with Gasteiger partial charge in [-0.15, -0.1) is 0 Å². The van der Waals surface area contributed by atoms with Gasteiger partial charge in [-0.1, -0.05) is 18.2 Å². The van der Waals surface area contributed by atoms with Crippen LogP contribution in [-0.4, -0.2) is 48.1 Å². The number of nitrogens with one attached hydrogen (secondary N) is 1. The van der Waals surface area contributed by atoms with Gasteiger partial charge < -0.3 is 14.8 Å². The van der Waals surface area contributed by atoms with Gasteiger partial charge >= 0.3 is 6.09 Å². The number of sulfone groups is 1. The highest BCUT2D eigenvalue weighted by Crippen LogP contribution is 2.61. The first kappa shape index (κ1) is 23.4. The first-order chi connectivity index (χ1) is 14.4. The molecule has 3 rings (SSSR count). The van der Waals surface area contributed by atoms with E-state index in [1.165, 1.54) is 24.3 Å². The number of hydrogen-bond acceptors (Lipinski definition) is 7. The third kappa shape index (κ3) is 5.51. The minimum absolute atomic E-state index is 0.0728. The van der Waals surface area contributed by atoms with Gasteiger partial charge in [0.25, 0.3) is 0 Å². The zero-order chi connectivity index (χ0) is 22.9. The summed E-state index contributed by atoms with van der Waals surface area (Å²) < 4.78 is 57.5. The summed E-state index contributed by atoms with van der Waals surface area (Å²) in [6.45, 7) is 5.72. The van der Waals surface area contributed by atoms with E-state index in [1.807, 2.05) is 0 Å². The van der Waals surface area contributed by atoms with Crippen LogP contribution >= 0.6 is 10.6 Å². The largest absolute Gasteiger partial charge is 0.492 e. The first-order valence-electron chi connectivity index (χ1n) is 9.69. The molecule has 2 aromatic rings. The predicted octanol–water partition coefficient (Wildman–Crippen LogP) is 4.23. The standard InChI is InChI=1S/C21H27NO7S2/c1-21(2,3)29-20(23)22-12-13-28-15-8-10-16(11-9-15)31(26,27)19-14-30(24,25)18-7-5-4-6-17(18)19/h4-11,19,24-25H,12-14H2,1-3H3,(H,22,23). The molecule has 1 amide bonds. The van der Waals surface area contributed by atoms with E-state index in [-0.39, 0.29) is 23.8 Å². The van der Waals surface area contributed by atoms with Crippen molar-refractivity contribution < 1.29 is 31.8 Å². The van der Waals surface area contributed by atoms with E-state index in [2.05, 4.69) is 5.32 Å². The molecule has 31 heavy (non-hydrogen) atoms. The number of ether oxygens (including phenoxy) is 2. The fourth-order valence-electron chi connectivity index (χ4n) is 3.22. The molecule has 0 aromatic heterocycles. The Balaban J connectivity index is 1.62. The number of rotatable bonds is 6. The summed E-state index contributed by atoms with van der Waals surface area (Å²) in [7, 11) is -6.96. The summed E-state index contributed by atoms with van der Waals surface area (Å²) in [6, 6.07) is 12.4. The summed E-state index contributed by atoms with van der Waals surface area (Å²) in [5, 5.41) is 1.56. The van der Waals surface area contributed by atoms with Gasteiger partial charge in [-0.2, -0.15) is 10.6 Å². The molecule has 3 N–H and O–H groups in total. The number of carbonyl (C=O) groups excluding carboxylic acids is 1. The lowest BCUT2D eigenvalue weighted by Crippen LogP contribution is -2.34. The molecule has 1 heterocycles. The van der Waals surface area contributed by atoms with Crippen LogP contribution in [0.1, 0.15) is 31.6 Å². The van der Waals surface area contributed by atoms with Crippen LogP contribution in [0.5, 0.6) is 5.75 Å². The second kappa shape index (κ2) is 8.70. The Kier molecular flexibility index (Phi) is 6.56. The van der Waals surface area contributed by atoms with Crippen molar-refractivity contribution >= 4 is 26.5 Å². The van der Waals surface area contributed by atoms with Gasteiger partial charge in [0.05, 0.1) is 22.1 Å². The van der Waals surface area contributed by atoms with Crippen LogP contribution in [0.4, 0.5) is 4.79 Å². The highest BCUT2D eigenvalue weighted by atomic mass is 32.3. The predicted molar refractivity (Wildman–Crippen MR) is 119 cm³/mol. The van der Waals surface area contributed by atoms with Gasteiger partial charge in [0.1, 0.15) is 23.2 Å². The zero-order valence-corrected chi connectivity index (χ0v) is 19.2. The molecule has 0 aliphatic carbocycles. The molecular formula is C21H27NO7S2. The molecule has 0 bridgehead atoms. The van der Waals surface area contributed by atoms with Crippen molar-refractivity contribution in [3.05, 3.63) is 54.1 Å². The van der Waals surface area contributed by atoms with Crippen molar-refractivity contribution in [2.24, 2.45) is 0 Å². The number of carbonyl (C=O) groups is 1. The maximum Gasteiger partial charge on any atom is 0.407 e. The summed E-state index contributed by atoms with van der Waals surface area (Å²) >= 11 is 0. The monoisotopic (exact) mass is 469 g/mol. The second-order valence-electron chi connectivity index (χ2n) is 8.15. The molecule has 0 radical (unpaired) electrons. The molecule has 1 aliphatic rings. The van der Waals surface area contributed by atoms with Crippen molar-refractivity contribution in [1.82, 2.24) is 5.32 Å². The Bertz CT molecular complexity index is 1040. The van der Waals surface area contributed by atoms with Gasteiger partial charge in [0.2, 0.25) is 0 Å². The third-order valence-corrected chi connectivity index (χ3v) is 8.75. The van der Waals surface area contributed by atoms with Crippen LogP contribution in [0.2, 0.25) is 0 Å². The highest BCUT2D eigenvalue weighted by Gasteiger charge is 2.42. The Labute approximate surface area is 183 Å². The number of hydrogen-bond donors (Lipinski definition) is 3. The SMILES string of the molecule is CC(C)(C)OC(=O)NCCOc1ccc(S(=O)(=O)C2CS(O)(O)c3ccccc32)cc1. The summed E-state index contributed by atoms with van der Waals surface area (Å²) in [5.74, 6) is 0.199. The minimum atomic E-state index is -3.82. The number of fused-ring (bicyclic) bond motifs is 1. The normalized spacial score (nSPS) is 18.7. The third-order valence-electron chi connectivity index (χ3n) is 4.57. The molecule has 1 atom stereocenters. The highest BCUT2D eigenvalue weighted by molar-refractivity contribution is 8.25. The molecule has 2 aromatic carbocycles. The minimum Gasteiger partial charge on any atom is -0.492 e. The summed E-state index contributed by atoms with van der Waals surface area (Å²) in [6.07, 6.45) is -0.541. The average Bonchev–Trinajstić information content (AvgIpc) is 2.96. The molecule has 10 heteroatoms. The molecule has 0 saturated carbocycles. The van der Waals surface area contributed by atoms with Gasteiger partial charge in [0, 0.05) is 0 Å². The van der Waals surface area contributed by atoms with Gasteiger partial charge in [0.15, 0.2) is 9.84 Å². The molecule has 0 spiro atoms. The van der Waals surface area contributed by atoms with E-state index in [0.717, 1.165) is 0 Å². The Morgan fingerprint density at radius 3 is 2.42 bits per heavy atom. The van der Waals surface area contributed by atoms with Crippen LogP contribution in [0.15, 0.2) is 58.3 Å². The smallest absolute Gasteiger partial charge is 0.407 e. The maximum absolute atomic E-state index is 13.1. The van der Waals surface area contributed by atoms with Crippen molar-refractivity contribution in [2.45, 2.75) is 41.4 Å². The zero-order valence-electron chi connectivity index (χ0n) is 17.6. The Morgan fingerprint density at radius 2 is 1.77 bits per heavy atom. The van der Waals surface area contributed by atoms with Crippen LogP contribution in [-0.2, 0) is 14.6 Å². The molecule has 0 saturated heterocycles. The van der Waals surface area contributed by atoms with Crippen molar-refractivity contribution in [3.63, 3.8) is 0 Å². The maximum atomic E-state index is 13.1. The lowest BCUT2D eigenvalue weighted by Gasteiger charge is -2.27. The lowest BCUT2D eigenvalue weighted by molar-refractivity contribution is 0.0520. The van der Waals surface area contributed by atoms with E-state index >= 15 is 0 Å². The molecule has 8 nitrogen and oxygen atoms in total. The van der Waals surface area contributed by atoms with E-state index in [4.69, 9.17) is 9.47 Å². The van der Waals surface area contributed by atoms with E-state index < -0.39 is 37.4 Å². The fraction of sp³-hybridized carbons (Fsp3) is 0.381. The number of benzene rings is 2. The van der Waals surface area contributed by atoms with E-state index in [0.29, 0.717) is 16.2 Å². The van der Waals surface area contributed by atoms with Crippen LogP contribution in [0, 0.1) is 0 Å². The van der Waals surface area contributed by atoms with Crippen LogP contribution < -0.4 is 10.1 Å². The van der Waals surface area contributed by atoms with Crippen molar-refractivity contribution in [3.8, 4) is 5.75 Å². The molecule has 1 aliphatic heterocycles. The fourth-order valence-corrected chi connectivity index (χ4v) is 7.63. The average molecular weight is 470 g/mol. The van der Waals surface area contributed by atoms with Gasteiger partial charge in [-0.05, 0) is 56.7 Å². The molecule has 170 valence electrons. The number of alkyl carbamates (subject to hydrolysis) is 1. The number of amides is 1. The molecule has 0 fully saturated rings. The van der Waals surface area contributed by atoms with Gasteiger partial charge in [-0.3, -0.25) is 9.11 Å². The molecular weight excluding hydrogens is 442 g/mol. The second-order valence-corrected chi connectivity index (χ2v) is 12.4. The lowest BCUT2D eigenvalue weighted by atomic mass is 10.2. The van der Waals surface area contributed by atoms with E-state index in [9.17, 15) is 22.3 Å². The first-order valence-corrected chi connectivity index (χ1v) is 12.9. The quantitative estimate of drug-likeness (QED) is 0.541. The molecule has 1 unspecified atom stereocenters. The van der Waals surface area contributed by atoms with Gasteiger partial charge in [-0.25, -0.2) is 13.2 Å². The summed E-state index contributed by atoms with van der Waals surface area (Å²) in [5.41, 5.74) is -0.157. The van der Waals surface area contributed by atoms with Crippen molar-refractivity contribution in [2.75, 3.05) is 18.9 Å². The van der Waals surface area contributed by atoms with Crippen LogP contribution in [0.3, 0.4) is 0 Å². The van der Waals surface area contributed by atoms with E-state index in [1.54, 1.807) is 45.0 Å². The Hall–Kier alpha value is -2.27.